The lowest BCUT2D eigenvalue weighted by molar-refractivity contribution is -0.131. The van der Waals surface area contributed by atoms with Gasteiger partial charge >= 0.3 is 0 Å². The van der Waals surface area contributed by atoms with Crippen molar-refractivity contribution in [2.75, 3.05) is 19.6 Å². The van der Waals surface area contributed by atoms with E-state index in [4.69, 9.17) is 5.73 Å². The van der Waals surface area contributed by atoms with E-state index < -0.39 is 0 Å². The van der Waals surface area contributed by atoms with E-state index in [9.17, 15) is 4.79 Å². The third kappa shape index (κ3) is 3.18. The van der Waals surface area contributed by atoms with E-state index in [-0.39, 0.29) is 6.04 Å². The molecular weight excluding hydrogens is 238 g/mol. The molecule has 0 bridgehead atoms. The third-order valence-corrected chi connectivity index (χ3v) is 4.42. The molecule has 1 saturated heterocycles. The molecule has 3 aliphatic rings. The second kappa shape index (κ2) is 5.63. The van der Waals surface area contributed by atoms with E-state index in [1.54, 1.807) is 0 Å². The Balaban J connectivity index is 1.63. The van der Waals surface area contributed by atoms with Gasteiger partial charge < -0.3 is 10.6 Å². The minimum Gasteiger partial charge on any atom is -0.326 e. The van der Waals surface area contributed by atoms with Crippen molar-refractivity contribution in [2.45, 2.75) is 57.0 Å². The Hall–Kier alpha value is -0.870. The lowest BCUT2D eigenvalue weighted by Gasteiger charge is -2.29. The van der Waals surface area contributed by atoms with Crippen LogP contribution in [0.25, 0.3) is 0 Å². The first-order valence-electron chi connectivity index (χ1n) is 7.73. The van der Waals surface area contributed by atoms with Crippen molar-refractivity contribution in [1.29, 1.82) is 0 Å². The molecule has 3 rings (SSSR count). The lowest BCUT2D eigenvalue weighted by atomic mass is 10.0. The summed E-state index contributed by atoms with van der Waals surface area (Å²) in [4.78, 5) is 16.9. The normalized spacial score (nSPS) is 28.3. The molecule has 0 aromatic heterocycles. The highest BCUT2D eigenvalue weighted by Crippen LogP contribution is 2.33. The van der Waals surface area contributed by atoms with Crippen molar-refractivity contribution in [3.63, 3.8) is 0 Å². The molecule has 106 valence electrons. The number of nitrogens with two attached hydrogens (primary N) is 1. The Morgan fingerprint density at radius 2 is 2.21 bits per heavy atom. The number of nitrogens with zero attached hydrogens (tertiary/aromatic N) is 2. The van der Waals surface area contributed by atoms with Crippen LogP contribution >= 0.6 is 0 Å². The smallest absolute Gasteiger partial charge is 0.241 e. The van der Waals surface area contributed by atoms with Gasteiger partial charge in [-0.2, -0.15) is 0 Å². The van der Waals surface area contributed by atoms with Crippen LogP contribution in [0, 0.1) is 0 Å². The summed E-state index contributed by atoms with van der Waals surface area (Å²) in [5.74, 6) is 0.296. The van der Waals surface area contributed by atoms with Crippen molar-refractivity contribution < 1.29 is 4.79 Å². The highest BCUT2D eigenvalue weighted by Gasteiger charge is 2.36. The lowest BCUT2D eigenvalue weighted by Crippen LogP contribution is -2.41. The zero-order valence-corrected chi connectivity index (χ0v) is 11.7. The zero-order chi connectivity index (χ0) is 13.2. The van der Waals surface area contributed by atoms with Gasteiger partial charge in [0.15, 0.2) is 0 Å². The van der Waals surface area contributed by atoms with Crippen LogP contribution in [0.1, 0.15) is 44.9 Å². The second-order valence-electron chi connectivity index (χ2n) is 6.22. The Morgan fingerprint density at radius 3 is 2.79 bits per heavy atom. The summed E-state index contributed by atoms with van der Waals surface area (Å²) in [6, 6.07) is 0.754. The average Bonchev–Trinajstić information content (AvgIpc) is 3.14. The van der Waals surface area contributed by atoms with Crippen LogP contribution in [0.2, 0.25) is 0 Å². The van der Waals surface area contributed by atoms with Crippen molar-refractivity contribution in [1.82, 2.24) is 9.80 Å². The molecule has 1 amide bonds. The van der Waals surface area contributed by atoms with Gasteiger partial charge in [0.1, 0.15) is 0 Å². The van der Waals surface area contributed by atoms with E-state index >= 15 is 0 Å². The minimum absolute atomic E-state index is 0.260. The monoisotopic (exact) mass is 263 g/mol. The zero-order valence-electron chi connectivity index (χ0n) is 11.7. The maximum absolute atomic E-state index is 12.6. The van der Waals surface area contributed by atoms with Crippen LogP contribution in [-0.4, -0.2) is 47.4 Å². The molecule has 4 nitrogen and oxygen atoms in total. The van der Waals surface area contributed by atoms with Crippen molar-refractivity contribution >= 4 is 5.91 Å². The van der Waals surface area contributed by atoms with E-state index in [1.165, 1.54) is 31.4 Å². The highest BCUT2D eigenvalue weighted by atomic mass is 16.2. The number of hydrogen-bond donors (Lipinski definition) is 1. The predicted octanol–water partition coefficient (Wildman–Crippen LogP) is 1.47. The molecule has 1 aliphatic heterocycles. The van der Waals surface area contributed by atoms with Crippen molar-refractivity contribution in [3.05, 3.63) is 11.8 Å². The Kier molecular flexibility index (Phi) is 3.89. The molecule has 19 heavy (non-hydrogen) atoms. The molecule has 2 aliphatic carbocycles. The molecule has 0 aromatic rings. The summed E-state index contributed by atoms with van der Waals surface area (Å²) in [5, 5.41) is 0. The van der Waals surface area contributed by atoms with Crippen LogP contribution in [0.3, 0.4) is 0 Å². The molecule has 1 heterocycles. The van der Waals surface area contributed by atoms with Gasteiger partial charge in [0.05, 0.1) is 6.54 Å². The van der Waals surface area contributed by atoms with Crippen LogP contribution in [-0.2, 0) is 4.79 Å². The van der Waals surface area contributed by atoms with Gasteiger partial charge in [-0.3, -0.25) is 9.69 Å². The first-order chi connectivity index (χ1) is 9.24. The van der Waals surface area contributed by atoms with Crippen LogP contribution in [0.5, 0.6) is 0 Å². The number of rotatable bonds is 4. The fourth-order valence-corrected chi connectivity index (χ4v) is 3.24. The van der Waals surface area contributed by atoms with Gasteiger partial charge in [-0.15, -0.1) is 0 Å². The molecular formula is C15H25N3O. The third-order valence-electron chi connectivity index (χ3n) is 4.42. The molecule has 0 radical (unpaired) electrons. The largest absolute Gasteiger partial charge is 0.326 e. The van der Waals surface area contributed by atoms with Gasteiger partial charge in [0, 0.05) is 30.9 Å². The summed E-state index contributed by atoms with van der Waals surface area (Å²) in [5.41, 5.74) is 7.21. The first kappa shape index (κ1) is 13.1. The summed E-state index contributed by atoms with van der Waals surface area (Å²) in [7, 11) is 0. The Bertz CT molecular complexity index is 376. The van der Waals surface area contributed by atoms with Crippen LogP contribution < -0.4 is 5.73 Å². The first-order valence-corrected chi connectivity index (χ1v) is 7.73. The average molecular weight is 263 g/mol. The highest BCUT2D eigenvalue weighted by molar-refractivity contribution is 5.81. The van der Waals surface area contributed by atoms with E-state index in [0.29, 0.717) is 18.5 Å². The number of carbonyl (C=O) groups is 1. The van der Waals surface area contributed by atoms with Gasteiger partial charge in [-0.05, 0) is 44.9 Å². The van der Waals surface area contributed by atoms with Gasteiger partial charge in [-0.1, -0.05) is 6.08 Å². The van der Waals surface area contributed by atoms with E-state index in [0.717, 1.165) is 32.4 Å². The second-order valence-corrected chi connectivity index (χ2v) is 6.22. The Morgan fingerprint density at radius 1 is 1.37 bits per heavy atom. The minimum atomic E-state index is 0.260. The fourth-order valence-electron chi connectivity index (χ4n) is 3.24. The molecule has 1 saturated carbocycles. The number of carbonyl (C=O) groups excluding carboxylic acids is 1. The maximum atomic E-state index is 12.6. The number of hydrogen-bond acceptors (Lipinski definition) is 3. The fraction of sp³-hybridized carbons (Fsp3) is 0.800. The topological polar surface area (TPSA) is 49.6 Å². The van der Waals surface area contributed by atoms with Crippen molar-refractivity contribution in [3.8, 4) is 0 Å². The molecule has 0 unspecified atom stereocenters. The van der Waals surface area contributed by atoms with Gasteiger partial charge in [0.25, 0.3) is 0 Å². The summed E-state index contributed by atoms with van der Waals surface area (Å²) < 4.78 is 0. The molecule has 1 atom stereocenters. The maximum Gasteiger partial charge on any atom is 0.241 e. The summed E-state index contributed by atoms with van der Waals surface area (Å²) >= 11 is 0. The molecule has 0 spiro atoms. The van der Waals surface area contributed by atoms with E-state index in [2.05, 4.69) is 15.9 Å². The van der Waals surface area contributed by atoms with Crippen LogP contribution in [0.15, 0.2) is 11.8 Å². The SMILES string of the molecule is N[C@H]1CCN(CC(=O)N(C2=CCCCC2)C2CC2)C1. The van der Waals surface area contributed by atoms with E-state index in [1.807, 2.05) is 0 Å². The quantitative estimate of drug-likeness (QED) is 0.835. The van der Waals surface area contributed by atoms with Crippen LogP contribution in [0.4, 0.5) is 0 Å². The summed E-state index contributed by atoms with van der Waals surface area (Å²) in [6.07, 6.45) is 10.4. The number of likely N-dealkylation sites (tertiary alicyclic amines) is 1. The number of amides is 1. The molecule has 2 N–H and O–H groups in total. The Labute approximate surface area is 115 Å². The number of allylic oxidation sites excluding steroid dienone is 2. The van der Waals surface area contributed by atoms with Crippen molar-refractivity contribution in [2.24, 2.45) is 5.73 Å². The molecule has 4 heteroatoms. The summed E-state index contributed by atoms with van der Waals surface area (Å²) in [6.45, 7) is 2.41. The molecule has 0 aromatic carbocycles. The standard InChI is InChI=1S/C15H25N3O/c16-12-8-9-17(10-12)11-15(19)18(14-6-7-14)13-4-2-1-3-5-13/h4,12,14H,1-3,5-11,16H2/t12-/m0/s1. The molecule has 2 fully saturated rings. The van der Waals surface area contributed by atoms with Gasteiger partial charge in [-0.25, -0.2) is 0 Å². The van der Waals surface area contributed by atoms with Gasteiger partial charge in [0.2, 0.25) is 5.91 Å². The predicted molar refractivity (Wildman–Crippen MR) is 75.5 cm³/mol.